The summed E-state index contributed by atoms with van der Waals surface area (Å²) < 4.78 is 38.9. The van der Waals surface area contributed by atoms with E-state index in [1.807, 2.05) is 0 Å². The Morgan fingerprint density at radius 2 is 2.09 bits per heavy atom. The Morgan fingerprint density at radius 3 is 2.74 bits per heavy atom. The molecule has 2 aliphatic rings. The highest BCUT2D eigenvalue weighted by molar-refractivity contribution is 7.91. The molecule has 128 valence electrons. The molecule has 2 saturated heterocycles. The van der Waals surface area contributed by atoms with Crippen molar-refractivity contribution in [2.75, 3.05) is 33.0 Å². The van der Waals surface area contributed by atoms with E-state index < -0.39 is 15.6 Å². The second kappa shape index (κ2) is 6.48. The molecule has 1 amide bonds. The number of amides is 1. The zero-order valence-electron chi connectivity index (χ0n) is 12.9. The number of hydrogen-bond acceptors (Lipinski definition) is 6. The maximum Gasteiger partial charge on any atom is 0.253 e. The first-order chi connectivity index (χ1) is 10.9. The van der Waals surface area contributed by atoms with Crippen LogP contribution in [-0.2, 0) is 30.8 Å². The van der Waals surface area contributed by atoms with Gasteiger partial charge in [0.15, 0.2) is 0 Å². The summed E-state index contributed by atoms with van der Waals surface area (Å²) in [5.41, 5.74) is -0.584. The van der Waals surface area contributed by atoms with Gasteiger partial charge >= 0.3 is 0 Å². The van der Waals surface area contributed by atoms with Crippen molar-refractivity contribution in [1.29, 1.82) is 0 Å². The summed E-state index contributed by atoms with van der Waals surface area (Å²) in [5, 5.41) is 2.68. The molecule has 9 heteroatoms. The Morgan fingerprint density at radius 1 is 1.35 bits per heavy atom. The third kappa shape index (κ3) is 3.29. The van der Waals surface area contributed by atoms with Crippen LogP contribution in [-0.4, -0.2) is 57.1 Å². The second-order valence-corrected chi connectivity index (χ2v) is 9.04. The molecule has 1 aromatic heterocycles. The highest BCUT2D eigenvalue weighted by atomic mass is 32.2. The van der Waals surface area contributed by atoms with Gasteiger partial charge in [-0.3, -0.25) is 4.79 Å². The Balaban J connectivity index is 1.84. The van der Waals surface area contributed by atoms with E-state index in [0.717, 1.165) is 4.88 Å². The van der Waals surface area contributed by atoms with Gasteiger partial charge in [0.2, 0.25) is 5.91 Å². The Kier molecular flexibility index (Phi) is 4.75. The van der Waals surface area contributed by atoms with Crippen molar-refractivity contribution in [2.45, 2.75) is 29.6 Å². The van der Waals surface area contributed by atoms with Crippen LogP contribution in [0.2, 0.25) is 0 Å². The van der Waals surface area contributed by atoms with E-state index in [1.54, 1.807) is 16.4 Å². The number of sulfonamides is 1. The molecule has 23 heavy (non-hydrogen) atoms. The van der Waals surface area contributed by atoms with E-state index in [4.69, 9.17) is 9.47 Å². The molecule has 2 aliphatic heterocycles. The minimum Gasteiger partial charge on any atom is -0.379 e. The van der Waals surface area contributed by atoms with Crippen LogP contribution in [0.3, 0.4) is 0 Å². The second-order valence-electron chi connectivity index (χ2n) is 5.79. The van der Waals surface area contributed by atoms with Crippen LogP contribution in [0.15, 0.2) is 16.3 Å². The normalized spacial score (nSPS) is 25.8. The fraction of sp³-hybridized carbons (Fsp3) is 0.643. The van der Waals surface area contributed by atoms with Crippen molar-refractivity contribution in [2.24, 2.45) is 0 Å². The smallest absolute Gasteiger partial charge is 0.253 e. The van der Waals surface area contributed by atoms with Gasteiger partial charge in [0.25, 0.3) is 10.0 Å². The number of carbonyl (C=O) groups excluding carboxylic acids is 1. The number of nitrogens with zero attached hydrogens (tertiary/aromatic N) is 1. The van der Waals surface area contributed by atoms with Crippen molar-refractivity contribution < 1.29 is 22.7 Å². The molecule has 7 nitrogen and oxygen atoms in total. The Labute approximate surface area is 139 Å². The van der Waals surface area contributed by atoms with Gasteiger partial charge in [-0.05, 0) is 18.6 Å². The first-order valence-corrected chi connectivity index (χ1v) is 9.71. The van der Waals surface area contributed by atoms with Crippen LogP contribution >= 0.6 is 11.3 Å². The van der Waals surface area contributed by atoms with Gasteiger partial charge in [-0.2, -0.15) is 4.31 Å². The summed E-state index contributed by atoms with van der Waals surface area (Å²) in [6.45, 7) is 3.80. The van der Waals surface area contributed by atoms with E-state index in [9.17, 15) is 13.2 Å². The fourth-order valence-corrected chi connectivity index (χ4v) is 6.08. The van der Waals surface area contributed by atoms with E-state index >= 15 is 0 Å². The third-order valence-electron chi connectivity index (χ3n) is 4.11. The van der Waals surface area contributed by atoms with Crippen molar-refractivity contribution >= 4 is 27.3 Å². The standard InChI is InChI=1S/C14H20N2O5S2/c1-11(17)15-8-12-2-3-13(22-12)23(18,19)16-5-7-21-10-14(16)4-6-20-9-14/h2-3H,4-10H2,1H3,(H,15,17). The van der Waals surface area contributed by atoms with Gasteiger partial charge in [0.1, 0.15) is 4.21 Å². The largest absolute Gasteiger partial charge is 0.379 e. The topological polar surface area (TPSA) is 84.9 Å². The summed E-state index contributed by atoms with van der Waals surface area (Å²) in [6, 6.07) is 3.35. The molecule has 1 spiro atoms. The van der Waals surface area contributed by atoms with E-state index in [1.165, 1.54) is 18.3 Å². The van der Waals surface area contributed by atoms with Crippen LogP contribution in [0.25, 0.3) is 0 Å². The molecule has 1 N–H and O–H groups in total. The third-order valence-corrected chi connectivity index (χ3v) is 7.67. The van der Waals surface area contributed by atoms with Crippen molar-refractivity contribution in [3.8, 4) is 0 Å². The molecular formula is C14H20N2O5S2. The highest BCUT2D eigenvalue weighted by Crippen LogP contribution is 2.36. The van der Waals surface area contributed by atoms with Crippen molar-refractivity contribution in [3.63, 3.8) is 0 Å². The van der Waals surface area contributed by atoms with Crippen LogP contribution in [0.4, 0.5) is 0 Å². The lowest BCUT2D eigenvalue weighted by Crippen LogP contribution is -2.59. The fourth-order valence-electron chi connectivity index (χ4n) is 2.91. The first kappa shape index (κ1) is 16.8. The molecule has 3 heterocycles. The Bertz CT molecular complexity index is 679. The quantitative estimate of drug-likeness (QED) is 0.848. The van der Waals surface area contributed by atoms with Crippen LogP contribution in [0.5, 0.6) is 0 Å². The molecule has 1 atom stereocenters. The predicted molar refractivity (Wildman–Crippen MR) is 84.7 cm³/mol. The van der Waals surface area contributed by atoms with Gasteiger partial charge in [-0.25, -0.2) is 8.42 Å². The SMILES string of the molecule is CC(=O)NCc1ccc(S(=O)(=O)N2CCOCC23CCOC3)s1. The van der Waals surface area contributed by atoms with Crippen LogP contribution in [0, 0.1) is 0 Å². The van der Waals surface area contributed by atoms with E-state index in [0.29, 0.717) is 50.1 Å². The summed E-state index contributed by atoms with van der Waals surface area (Å²) in [5.74, 6) is -0.141. The zero-order chi connectivity index (χ0) is 16.5. The number of hydrogen-bond donors (Lipinski definition) is 1. The summed E-state index contributed by atoms with van der Waals surface area (Å²) in [4.78, 5) is 11.8. The summed E-state index contributed by atoms with van der Waals surface area (Å²) in [7, 11) is -3.59. The molecule has 0 radical (unpaired) electrons. The number of thiophene rings is 1. The van der Waals surface area contributed by atoms with Crippen LogP contribution in [0.1, 0.15) is 18.2 Å². The summed E-state index contributed by atoms with van der Waals surface area (Å²) >= 11 is 1.19. The van der Waals surface area contributed by atoms with Gasteiger partial charge in [0, 0.05) is 25.0 Å². The monoisotopic (exact) mass is 360 g/mol. The lowest BCUT2D eigenvalue weighted by Gasteiger charge is -2.41. The lowest BCUT2D eigenvalue weighted by molar-refractivity contribution is -0.119. The van der Waals surface area contributed by atoms with Gasteiger partial charge in [-0.15, -0.1) is 11.3 Å². The number of nitrogens with one attached hydrogen (secondary N) is 1. The van der Waals surface area contributed by atoms with Gasteiger partial charge < -0.3 is 14.8 Å². The average molecular weight is 360 g/mol. The predicted octanol–water partition coefficient (Wildman–Crippen LogP) is 0.564. The van der Waals surface area contributed by atoms with Gasteiger partial charge in [-0.1, -0.05) is 0 Å². The van der Waals surface area contributed by atoms with Crippen molar-refractivity contribution in [3.05, 3.63) is 17.0 Å². The van der Waals surface area contributed by atoms with E-state index in [-0.39, 0.29) is 5.91 Å². The minimum atomic E-state index is -3.59. The van der Waals surface area contributed by atoms with Gasteiger partial charge in [0.05, 0.1) is 31.9 Å². The first-order valence-electron chi connectivity index (χ1n) is 7.46. The number of rotatable bonds is 4. The van der Waals surface area contributed by atoms with Crippen molar-refractivity contribution in [1.82, 2.24) is 9.62 Å². The lowest BCUT2D eigenvalue weighted by atomic mass is 9.99. The maximum atomic E-state index is 13.0. The maximum absolute atomic E-state index is 13.0. The van der Waals surface area contributed by atoms with Crippen LogP contribution < -0.4 is 5.32 Å². The molecule has 2 fully saturated rings. The molecule has 1 aromatic rings. The number of ether oxygens (including phenoxy) is 2. The van der Waals surface area contributed by atoms with E-state index in [2.05, 4.69) is 5.32 Å². The summed E-state index contributed by atoms with van der Waals surface area (Å²) in [6.07, 6.45) is 0.649. The molecule has 3 rings (SSSR count). The molecule has 0 bridgehead atoms. The number of carbonyl (C=O) groups is 1. The minimum absolute atomic E-state index is 0.141. The molecule has 0 saturated carbocycles. The average Bonchev–Trinajstić information content (AvgIpc) is 3.16. The zero-order valence-corrected chi connectivity index (χ0v) is 14.5. The highest BCUT2D eigenvalue weighted by Gasteiger charge is 2.49. The molecule has 0 aliphatic carbocycles. The number of morpholine rings is 1. The molecule has 0 aromatic carbocycles. The molecule has 1 unspecified atom stereocenters. The molecular weight excluding hydrogens is 340 g/mol. The Hall–Kier alpha value is -1.00.